The Labute approximate surface area is 288 Å². The van der Waals surface area contributed by atoms with Gasteiger partial charge in [-0.3, -0.25) is 0 Å². The number of aliphatic hydroxyl groups excluding tert-OH is 4. The van der Waals surface area contributed by atoms with Gasteiger partial charge in [-0.1, -0.05) is 65.3 Å². The molecule has 8 heteroatoms. The third-order valence-electron chi connectivity index (χ3n) is 15.4. The predicted molar refractivity (Wildman–Crippen MR) is 184 cm³/mol. The molecule has 5 rings (SSSR count). The van der Waals surface area contributed by atoms with Crippen LogP contribution in [0.1, 0.15) is 114 Å². The van der Waals surface area contributed by atoms with Gasteiger partial charge in [-0.25, -0.2) is 9.59 Å². The molecule has 4 N–H and O–H groups in total. The van der Waals surface area contributed by atoms with E-state index in [4.69, 9.17) is 9.47 Å². The van der Waals surface area contributed by atoms with E-state index >= 15 is 0 Å². The second-order valence-corrected chi connectivity index (χ2v) is 17.8. The number of carbonyl (C=O) groups is 2. The van der Waals surface area contributed by atoms with Crippen LogP contribution in [0.3, 0.4) is 0 Å². The molecule has 270 valence electrons. The summed E-state index contributed by atoms with van der Waals surface area (Å²) in [6, 6.07) is 0. The molecule has 48 heavy (non-hydrogen) atoms. The molecule has 0 spiro atoms. The van der Waals surface area contributed by atoms with Gasteiger partial charge in [0.15, 0.2) is 6.10 Å². The van der Waals surface area contributed by atoms with Crippen molar-refractivity contribution in [2.24, 2.45) is 50.2 Å². The molecule has 0 bridgehead atoms. The summed E-state index contributed by atoms with van der Waals surface area (Å²) < 4.78 is 12.5. The largest absolute Gasteiger partial charge is 0.454 e. The molecule has 4 fully saturated rings. The van der Waals surface area contributed by atoms with E-state index in [1.165, 1.54) is 5.57 Å². The highest BCUT2D eigenvalue weighted by molar-refractivity contribution is 5.88. The lowest BCUT2D eigenvalue weighted by atomic mass is 9.33. The van der Waals surface area contributed by atoms with Gasteiger partial charge in [-0.05, 0) is 107 Å². The smallest absolute Gasteiger partial charge is 0.333 e. The average molecular weight is 671 g/mol. The molecule has 8 nitrogen and oxygen atoms in total. The van der Waals surface area contributed by atoms with Gasteiger partial charge in [0.25, 0.3) is 0 Å². The molecule has 4 unspecified atom stereocenters. The Morgan fingerprint density at radius 1 is 0.812 bits per heavy atom. The summed E-state index contributed by atoms with van der Waals surface area (Å²) in [4.78, 5) is 26.8. The molecule has 0 radical (unpaired) electrons. The van der Waals surface area contributed by atoms with Crippen LogP contribution in [-0.4, -0.2) is 70.0 Å². The number of carbonyl (C=O) groups excluding carboxylic acids is 2. The Morgan fingerprint density at radius 2 is 1.40 bits per heavy atom. The molecule has 0 amide bonds. The molecule has 0 aromatic heterocycles. The fraction of sp³-hybridized carbons (Fsp3) is 0.800. The van der Waals surface area contributed by atoms with Crippen LogP contribution in [0.25, 0.3) is 0 Å². The lowest BCUT2D eigenvalue weighted by Gasteiger charge is -2.72. The van der Waals surface area contributed by atoms with Crippen LogP contribution in [0.15, 0.2) is 34.9 Å². The van der Waals surface area contributed by atoms with Crippen LogP contribution in [0.5, 0.6) is 0 Å². The summed E-state index contributed by atoms with van der Waals surface area (Å²) >= 11 is 0. The van der Waals surface area contributed by atoms with E-state index in [2.05, 4.69) is 33.8 Å². The molecule has 0 aromatic rings. The summed E-state index contributed by atoms with van der Waals surface area (Å²) in [5.41, 5.74) is -1.21. The van der Waals surface area contributed by atoms with Crippen LogP contribution in [0.4, 0.5) is 0 Å². The number of esters is 2. The van der Waals surface area contributed by atoms with E-state index in [-0.39, 0.29) is 35.2 Å². The van der Waals surface area contributed by atoms with Crippen LogP contribution in [0, 0.1) is 50.2 Å². The molecule has 0 heterocycles. The first kappa shape index (κ1) is 37.3. The molecule has 0 aromatic carbocycles. The summed E-state index contributed by atoms with van der Waals surface area (Å²) in [7, 11) is 0. The van der Waals surface area contributed by atoms with Gasteiger partial charge in [0.2, 0.25) is 0 Å². The number of fused-ring (bicyclic) bond motifs is 7. The Balaban J connectivity index is 1.65. The lowest BCUT2D eigenvalue weighted by Crippen LogP contribution is -2.72. The second kappa shape index (κ2) is 12.3. The molecule has 4 saturated carbocycles. The minimum atomic E-state index is -1.28. The molecule has 5 aliphatic carbocycles. The molecular formula is C40H62O8. The summed E-state index contributed by atoms with van der Waals surface area (Å²) in [6.07, 6.45) is 7.19. The van der Waals surface area contributed by atoms with Crippen molar-refractivity contribution < 1.29 is 39.5 Å². The van der Waals surface area contributed by atoms with Crippen LogP contribution < -0.4 is 0 Å². The molecular weight excluding hydrogens is 608 g/mol. The van der Waals surface area contributed by atoms with E-state index < -0.39 is 64.6 Å². The number of hydrogen-bond acceptors (Lipinski definition) is 8. The Morgan fingerprint density at radius 3 is 1.94 bits per heavy atom. The maximum absolute atomic E-state index is 13.5. The number of allylic oxidation sites excluding steroid dienone is 4. The van der Waals surface area contributed by atoms with E-state index in [0.717, 1.165) is 25.7 Å². The van der Waals surface area contributed by atoms with Crippen molar-refractivity contribution in [1.29, 1.82) is 0 Å². The fourth-order valence-corrected chi connectivity index (χ4v) is 11.9. The Bertz CT molecular complexity index is 1390. The summed E-state index contributed by atoms with van der Waals surface area (Å²) in [6.45, 7) is 19.6. The van der Waals surface area contributed by atoms with Crippen LogP contribution >= 0.6 is 0 Å². The van der Waals surface area contributed by atoms with Crippen molar-refractivity contribution in [1.82, 2.24) is 0 Å². The lowest BCUT2D eigenvalue weighted by molar-refractivity contribution is -0.266. The van der Waals surface area contributed by atoms with Gasteiger partial charge in [-0.15, -0.1) is 0 Å². The summed E-state index contributed by atoms with van der Waals surface area (Å²) in [5, 5.41) is 45.7. The SMILES string of the molecule is C/C=C(/C)C(=O)OC1C(OC(=O)/C(C)=C\C)[C@]2(CO)C(O)C[C@]3(C)C(=CC[C@@H]4[C@@]5(C)CCC(O)[C@](C)(CO)[C@@H]5CC[C@]43C)[C@@H]2CC1(C)C. The van der Waals surface area contributed by atoms with E-state index in [0.29, 0.717) is 30.4 Å². The van der Waals surface area contributed by atoms with Gasteiger partial charge in [0.05, 0.1) is 30.8 Å². The minimum Gasteiger partial charge on any atom is -0.454 e. The average Bonchev–Trinajstić information content (AvgIpc) is 3.03. The predicted octanol–water partition coefficient (Wildman–Crippen LogP) is 6.06. The topological polar surface area (TPSA) is 134 Å². The third kappa shape index (κ3) is 4.97. The number of hydrogen-bond donors (Lipinski definition) is 4. The van der Waals surface area contributed by atoms with Crippen molar-refractivity contribution in [3.8, 4) is 0 Å². The Kier molecular flexibility index (Phi) is 9.58. The summed E-state index contributed by atoms with van der Waals surface area (Å²) in [5.74, 6) is -0.954. The standard InChI is InChI=1S/C40H62O8/c1-11-23(3)33(45)47-31-32(48-34(46)24(4)12-2)40(22-42)26(19-35(31,5)6)25-13-14-28-36(7)17-16-29(43)37(8,21-41)27(36)15-18-38(28,9)39(25,10)20-30(40)44/h11-13,26-32,41-44H,14-22H2,1-10H3/b23-11-,24-12-/t26-,27+,28+,29?,30?,31?,32?,36-,37+,38+,39+,40-/m0/s1. The zero-order valence-corrected chi connectivity index (χ0v) is 31.1. The van der Waals surface area contributed by atoms with Gasteiger partial charge >= 0.3 is 11.9 Å². The van der Waals surface area contributed by atoms with Crippen molar-refractivity contribution in [2.75, 3.05) is 13.2 Å². The van der Waals surface area contributed by atoms with Crippen molar-refractivity contribution >= 4 is 11.9 Å². The van der Waals surface area contributed by atoms with Gasteiger partial charge in [-0.2, -0.15) is 0 Å². The highest BCUT2D eigenvalue weighted by Gasteiger charge is 2.73. The van der Waals surface area contributed by atoms with Crippen LogP contribution in [0.2, 0.25) is 0 Å². The fourth-order valence-electron chi connectivity index (χ4n) is 11.9. The third-order valence-corrected chi connectivity index (χ3v) is 15.4. The van der Waals surface area contributed by atoms with Gasteiger partial charge < -0.3 is 29.9 Å². The first-order valence-corrected chi connectivity index (χ1v) is 18.2. The highest BCUT2D eigenvalue weighted by atomic mass is 16.6. The molecule has 5 aliphatic rings. The minimum absolute atomic E-state index is 0.0444. The van der Waals surface area contributed by atoms with E-state index in [1.54, 1.807) is 39.8 Å². The molecule has 12 atom stereocenters. The first-order chi connectivity index (χ1) is 22.3. The van der Waals surface area contributed by atoms with Crippen molar-refractivity contribution in [3.63, 3.8) is 0 Å². The number of rotatable bonds is 6. The van der Waals surface area contributed by atoms with Crippen molar-refractivity contribution in [2.45, 2.75) is 139 Å². The molecule has 0 saturated heterocycles. The Hall–Kier alpha value is -2.00. The molecule has 0 aliphatic heterocycles. The number of aliphatic hydroxyl groups is 4. The van der Waals surface area contributed by atoms with Gasteiger partial charge in [0.1, 0.15) is 6.10 Å². The van der Waals surface area contributed by atoms with Crippen LogP contribution in [-0.2, 0) is 19.1 Å². The maximum Gasteiger partial charge on any atom is 0.333 e. The van der Waals surface area contributed by atoms with Gasteiger partial charge in [0, 0.05) is 22.0 Å². The number of ether oxygens (including phenoxy) is 2. The quantitative estimate of drug-likeness (QED) is 0.152. The zero-order valence-electron chi connectivity index (χ0n) is 31.1. The maximum atomic E-state index is 13.5. The highest BCUT2D eigenvalue weighted by Crippen LogP contribution is 2.76. The zero-order chi connectivity index (χ0) is 35.8. The van der Waals surface area contributed by atoms with Crippen molar-refractivity contribution in [3.05, 3.63) is 34.9 Å². The first-order valence-electron chi connectivity index (χ1n) is 18.2. The second-order valence-electron chi connectivity index (χ2n) is 17.8. The van der Waals surface area contributed by atoms with E-state index in [1.807, 2.05) is 13.8 Å². The normalized spacial score (nSPS) is 47.0. The van der Waals surface area contributed by atoms with E-state index in [9.17, 15) is 30.0 Å². The monoisotopic (exact) mass is 670 g/mol.